The molecular formula is C23H32N4O3. The van der Waals surface area contributed by atoms with Crippen LogP contribution in [0.25, 0.3) is 0 Å². The number of nitrogens with zero attached hydrogens (tertiary/aromatic N) is 4. The maximum Gasteiger partial charge on any atom is 0.236 e. The van der Waals surface area contributed by atoms with Gasteiger partial charge in [0.2, 0.25) is 17.7 Å². The van der Waals surface area contributed by atoms with Crippen molar-refractivity contribution in [1.29, 1.82) is 0 Å². The van der Waals surface area contributed by atoms with Crippen molar-refractivity contribution >= 4 is 23.4 Å². The Bertz CT molecular complexity index is 780. The third-order valence-electron chi connectivity index (χ3n) is 6.57. The molecule has 3 heterocycles. The zero-order valence-corrected chi connectivity index (χ0v) is 17.9. The van der Waals surface area contributed by atoms with E-state index in [4.69, 9.17) is 0 Å². The number of anilines is 1. The van der Waals surface area contributed by atoms with Crippen LogP contribution in [0.5, 0.6) is 0 Å². The number of benzene rings is 1. The highest BCUT2D eigenvalue weighted by molar-refractivity contribution is 6.00. The van der Waals surface area contributed by atoms with Gasteiger partial charge in [-0.05, 0) is 38.3 Å². The van der Waals surface area contributed by atoms with Gasteiger partial charge in [-0.15, -0.1) is 0 Å². The first-order chi connectivity index (χ1) is 14.5. The molecule has 1 unspecified atom stereocenters. The van der Waals surface area contributed by atoms with E-state index in [1.54, 1.807) is 4.90 Å². The van der Waals surface area contributed by atoms with Crippen LogP contribution in [0.3, 0.4) is 0 Å². The molecule has 1 atom stereocenters. The van der Waals surface area contributed by atoms with Crippen LogP contribution in [-0.2, 0) is 14.4 Å². The highest BCUT2D eigenvalue weighted by atomic mass is 16.2. The lowest BCUT2D eigenvalue weighted by Gasteiger charge is -2.37. The SMILES string of the molecule is Cc1ccc(N2CC(C(=O)N3CCN(CC(=O)N4CCCCC4)CC3)CC2=O)cc1. The Balaban J connectivity index is 1.26. The lowest BCUT2D eigenvalue weighted by atomic mass is 10.1. The van der Waals surface area contributed by atoms with Gasteiger partial charge in [-0.1, -0.05) is 17.7 Å². The summed E-state index contributed by atoms with van der Waals surface area (Å²) >= 11 is 0. The van der Waals surface area contributed by atoms with E-state index in [-0.39, 0.29) is 30.1 Å². The van der Waals surface area contributed by atoms with E-state index in [9.17, 15) is 14.4 Å². The molecule has 0 saturated carbocycles. The third-order valence-corrected chi connectivity index (χ3v) is 6.57. The molecule has 30 heavy (non-hydrogen) atoms. The lowest BCUT2D eigenvalue weighted by molar-refractivity contribution is -0.138. The number of rotatable bonds is 4. The second kappa shape index (κ2) is 9.16. The number of aryl methyl sites for hydroxylation is 1. The molecular weight excluding hydrogens is 380 g/mol. The number of piperidine rings is 1. The van der Waals surface area contributed by atoms with Crippen LogP contribution >= 0.6 is 0 Å². The smallest absolute Gasteiger partial charge is 0.236 e. The number of amides is 3. The Kier molecular flexibility index (Phi) is 6.37. The minimum absolute atomic E-state index is 0.0166. The van der Waals surface area contributed by atoms with Gasteiger partial charge in [0, 0.05) is 57.9 Å². The first-order valence-electron chi connectivity index (χ1n) is 11.2. The van der Waals surface area contributed by atoms with Crippen LogP contribution in [-0.4, -0.2) is 84.8 Å². The van der Waals surface area contributed by atoms with E-state index in [2.05, 4.69) is 4.90 Å². The van der Waals surface area contributed by atoms with Gasteiger partial charge in [-0.3, -0.25) is 19.3 Å². The summed E-state index contributed by atoms with van der Waals surface area (Å²) in [7, 11) is 0. The average molecular weight is 413 g/mol. The summed E-state index contributed by atoms with van der Waals surface area (Å²) in [4.78, 5) is 45.7. The largest absolute Gasteiger partial charge is 0.342 e. The monoisotopic (exact) mass is 412 g/mol. The van der Waals surface area contributed by atoms with Gasteiger partial charge < -0.3 is 14.7 Å². The van der Waals surface area contributed by atoms with Crippen molar-refractivity contribution in [3.05, 3.63) is 29.8 Å². The van der Waals surface area contributed by atoms with Crippen LogP contribution < -0.4 is 4.90 Å². The topological polar surface area (TPSA) is 64.2 Å². The van der Waals surface area contributed by atoms with Crippen molar-refractivity contribution in [2.24, 2.45) is 5.92 Å². The Morgan fingerprint density at radius 3 is 2.23 bits per heavy atom. The Morgan fingerprint density at radius 2 is 1.57 bits per heavy atom. The van der Waals surface area contributed by atoms with Crippen molar-refractivity contribution in [2.75, 3.05) is 57.3 Å². The first kappa shape index (κ1) is 20.8. The molecule has 0 aliphatic carbocycles. The van der Waals surface area contributed by atoms with Crippen molar-refractivity contribution < 1.29 is 14.4 Å². The summed E-state index contributed by atoms with van der Waals surface area (Å²) < 4.78 is 0. The number of hydrogen-bond donors (Lipinski definition) is 0. The van der Waals surface area contributed by atoms with E-state index < -0.39 is 0 Å². The van der Waals surface area contributed by atoms with E-state index >= 15 is 0 Å². The molecule has 1 aromatic rings. The quantitative estimate of drug-likeness (QED) is 0.752. The minimum Gasteiger partial charge on any atom is -0.342 e. The standard InChI is InChI=1S/C23H32N4O3/c1-18-5-7-20(8-6-18)27-16-19(15-21(27)28)23(30)26-13-11-24(12-14-26)17-22(29)25-9-3-2-4-10-25/h5-8,19H,2-4,9-17H2,1H3. The number of piperazine rings is 1. The molecule has 7 heteroatoms. The number of carbonyl (C=O) groups excluding carboxylic acids is 3. The van der Waals surface area contributed by atoms with Crippen LogP contribution in [0.2, 0.25) is 0 Å². The number of carbonyl (C=O) groups is 3. The van der Waals surface area contributed by atoms with Gasteiger partial charge in [-0.25, -0.2) is 0 Å². The van der Waals surface area contributed by atoms with Crippen LogP contribution in [0.15, 0.2) is 24.3 Å². The second-order valence-electron chi connectivity index (χ2n) is 8.78. The predicted molar refractivity (Wildman–Crippen MR) is 115 cm³/mol. The van der Waals surface area contributed by atoms with Crippen molar-refractivity contribution in [3.63, 3.8) is 0 Å². The fourth-order valence-electron chi connectivity index (χ4n) is 4.67. The fraction of sp³-hybridized carbons (Fsp3) is 0.609. The summed E-state index contributed by atoms with van der Waals surface area (Å²) in [5.74, 6) is 0.0212. The molecule has 4 rings (SSSR count). The minimum atomic E-state index is -0.277. The zero-order valence-electron chi connectivity index (χ0n) is 17.9. The predicted octanol–water partition coefficient (Wildman–Crippen LogP) is 1.50. The van der Waals surface area contributed by atoms with E-state index in [0.717, 1.165) is 37.2 Å². The van der Waals surface area contributed by atoms with E-state index in [0.29, 0.717) is 39.3 Å². The van der Waals surface area contributed by atoms with Gasteiger partial charge >= 0.3 is 0 Å². The Morgan fingerprint density at radius 1 is 0.900 bits per heavy atom. The van der Waals surface area contributed by atoms with E-state index in [1.807, 2.05) is 41.0 Å². The van der Waals surface area contributed by atoms with Crippen LogP contribution in [0, 0.1) is 12.8 Å². The lowest BCUT2D eigenvalue weighted by Crippen LogP contribution is -2.53. The maximum atomic E-state index is 13.0. The van der Waals surface area contributed by atoms with Crippen LogP contribution in [0.1, 0.15) is 31.2 Å². The average Bonchev–Trinajstić information content (AvgIpc) is 3.16. The molecule has 7 nitrogen and oxygen atoms in total. The van der Waals surface area contributed by atoms with Crippen LogP contribution in [0.4, 0.5) is 5.69 Å². The molecule has 3 amide bonds. The molecule has 0 spiro atoms. The molecule has 0 bridgehead atoms. The highest BCUT2D eigenvalue weighted by Crippen LogP contribution is 2.27. The summed E-state index contributed by atoms with van der Waals surface area (Å²) in [6.07, 6.45) is 3.71. The third kappa shape index (κ3) is 4.67. The van der Waals surface area contributed by atoms with E-state index in [1.165, 1.54) is 6.42 Å². The first-order valence-corrected chi connectivity index (χ1v) is 11.2. The fourth-order valence-corrected chi connectivity index (χ4v) is 4.67. The normalized spacial score (nSPS) is 23.2. The molecule has 3 fully saturated rings. The summed E-state index contributed by atoms with van der Waals surface area (Å²) in [5.41, 5.74) is 2.01. The molecule has 3 aliphatic heterocycles. The van der Waals surface area contributed by atoms with Gasteiger partial charge in [0.15, 0.2) is 0 Å². The maximum absolute atomic E-state index is 13.0. The van der Waals surface area contributed by atoms with Crippen molar-refractivity contribution in [1.82, 2.24) is 14.7 Å². The molecule has 162 valence electrons. The Labute approximate surface area is 178 Å². The van der Waals surface area contributed by atoms with Gasteiger partial charge in [0.25, 0.3) is 0 Å². The summed E-state index contributed by atoms with van der Waals surface area (Å²) in [6, 6.07) is 7.86. The second-order valence-corrected chi connectivity index (χ2v) is 8.78. The van der Waals surface area contributed by atoms with Gasteiger partial charge in [-0.2, -0.15) is 0 Å². The summed E-state index contributed by atoms with van der Waals surface area (Å²) in [5, 5.41) is 0. The molecule has 0 radical (unpaired) electrons. The molecule has 0 N–H and O–H groups in total. The zero-order chi connectivity index (χ0) is 21.1. The molecule has 3 saturated heterocycles. The highest BCUT2D eigenvalue weighted by Gasteiger charge is 2.38. The number of likely N-dealkylation sites (tertiary alicyclic amines) is 1. The molecule has 0 aromatic heterocycles. The number of hydrogen-bond acceptors (Lipinski definition) is 4. The summed E-state index contributed by atoms with van der Waals surface area (Å²) in [6.45, 7) is 7.36. The Hall–Kier alpha value is -2.41. The van der Waals surface area contributed by atoms with Crippen molar-refractivity contribution in [3.8, 4) is 0 Å². The molecule has 1 aromatic carbocycles. The van der Waals surface area contributed by atoms with Gasteiger partial charge in [0.05, 0.1) is 12.5 Å². The molecule has 3 aliphatic rings. The van der Waals surface area contributed by atoms with Crippen molar-refractivity contribution in [2.45, 2.75) is 32.6 Å². The van der Waals surface area contributed by atoms with Gasteiger partial charge in [0.1, 0.15) is 0 Å².